The van der Waals surface area contributed by atoms with Crippen LogP contribution in [-0.2, 0) is 6.54 Å². The number of pyridine rings is 1. The van der Waals surface area contributed by atoms with Gasteiger partial charge in [-0.2, -0.15) is 0 Å². The van der Waals surface area contributed by atoms with E-state index in [1.807, 2.05) is 6.07 Å². The van der Waals surface area contributed by atoms with E-state index in [4.69, 9.17) is 4.42 Å². The summed E-state index contributed by atoms with van der Waals surface area (Å²) >= 11 is 6.49. The molecule has 6 heteroatoms. The lowest BCUT2D eigenvalue weighted by Crippen LogP contribution is -2.26. The van der Waals surface area contributed by atoms with Gasteiger partial charge in [0.25, 0.3) is 5.91 Å². The van der Waals surface area contributed by atoms with Crippen LogP contribution < -0.4 is 0 Å². The van der Waals surface area contributed by atoms with E-state index >= 15 is 0 Å². The largest absolute Gasteiger partial charge is 0.452 e. The minimum atomic E-state index is -0.109. The van der Waals surface area contributed by atoms with Crippen molar-refractivity contribution in [3.63, 3.8) is 0 Å². The molecule has 0 aliphatic heterocycles. The van der Waals surface area contributed by atoms with E-state index in [0.29, 0.717) is 21.4 Å². The molecule has 2 aromatic rings. The first-order valence-electron chi connectivity index (χ1n) is 5.18. The van der Waals surface area contributed by atoms with Crippen molar-refractivity contribution in [2.45, 2.75) is 6.54 Å². The molecule has 0 atom stereocenters. The third-order valence-corrected chi connectivity index (χ3v) is 3.42. The van der Waals surface area contributed by atoms with Crippen LogP contribution in [0.2, 0.25) is 0 Å². The Bertz CT molecular complexity index is 569. The maximum absolute atomic E-state index is 12.2. The molecule has 2 heterocycles. The Morgan fingerprint density at radius 3 is 2.78 bits per heavy atom. The molecule has 0 saturated carbocycles. The maximum atomic E-state index is 12.2. The number of aromatic nitrogens is 1. The van der Waals surface area contributed by atoms with E-state index < -0.39 is 0 Å². The second kappa shape index (κ2) is 5.67. The van der Waals surface area contributed by atoms with Crippen molar-refractivity contribution in [2.75, 3.05) is 7.05 Å². The molecular weight excluding hydrogens is 364 g/mol. The molecule has 0 bridgehead atoms. The van der Waals surface area contributed by atoms with Crippen LogP contribution in [0.15, 0.2) is 44.2 Å². The first kappa shape index (κ1) is 13.3. The number of furan rings is 1. The van der Waals surface area contributed by atoms with E-state index in [0.717, 1.165) is 5.76 Å². The number of halogens is 2. The van der Waals surface area contributed by atoms with Crippen molar-refractivity contribution in [3.05, 3.63) is 51.1 Å². The minimum Gasteiger partial charge on any atom is -0.452 e. The Morgan fingerprint density at radius 2 is 2.17 bits per heavy atom. The van der Waals surface area contributed by atoms with E-state index in [2.05, 4.69) is 36.8 Å². The van der Waals surface area contributed by atoms with E-state index in [1.54, 1.807) is 36.3 Å². The SMILES string of the molecule is CN(Cc1ccc(Br)o1)C(=O)c1cccnc1Br. The van der Waals surface area contributed by atoms with E-state index in [-0.39, 0.29) is 5.91 Å². The van der Waals surface area contributed by atoms with Crippen molar-refractivity contribution >= 4 is 37.8 Å². The number of carbonyl (C=O) groups is 1. The standard InChI is InChI=1S/C12H10Br2N2O2/c1-16(7-8-4-5-10(13)18-8)12(17)9-3-2-6-15-11(9)14/h2-6H,7H2,1H3. The van der Waals surface area contributed by atoms with Gasteiger partial charge in [0.1, 0.15) is 10.4 Å². The predicted octanol–water partition coefficient (Wildman–Crippen LogP) is 3.47. The molecule has 1 amide bonds. The fraction of sp³-hybridized carbons (Fsp3) is 0.167. The zero-order chi connectivity index (χ0) is 13.1. The highest BCUT2D eigenvalue weighted by molar-refractivity contribution is 9.10. The van der Waals surface area contributed by atoms with E-state index in [1.165, 1.54) is 0 Å². The maximum Gasteiger partial charge on any atom is 0.256 e. The molecule has 0 aliphatic carbocycles. The summed E-state index contributed by atoms with van der Waals surface area (Å²) in [5.41, 5.74) is 0.533. The molecule has 0 N–H and O–H groups in total. The Morgan fingerprint density at radius 1 is 1.39 bits per heavy atom. The first-order chi connectivity index (χ1) is 8.58. The molecule has 18 heavy (non-hydrogen) atoms. The summed E-state index contributed by atoms with van der Waals surface area (Å²) < 4.78 is 6.56. The van der Waals surface area contributed by atoms with Crippen LogP contribution in [0.1, 0.15) is 16.1 Å². The molecule has 0 unspecified atom stereocenters. The number of rotatable bonds is 3. The second-order valence-corrected chi connectivity index (χ2v) is 5.24. The van der Waals surface area contributed by atoms with Crippen molar-refractivity contribution in [2.24, 2.45) is 0 Å². The van der Waals surface area contributed by atoms with Crippen LogP contribution in [0.5, 0.6) is 0 Å². The average Bonchev–Trinajstić information content (AvgIpc) is 2.74. The summed E-state index contributed by atoms with van der Waals surface area (Å²) in [7, 11) is 1.72. The van der Waals surface area contributed by atoms with Gasteiger partial charge in [-0.25, -0.2) is 4.98 Å². The van der Waals surface area contributed by atoms with Crippen LogP contribution >= 0.6 is 31.9 Å². The Hall–Kier alpha value is -1.14. The zero-order valence-corrected chi connectivity index (χ0v) is 12.7. The highest BCUT2D eigenvalue weighted by atomic mass is 79.9. The van der Waals surface area contributed by atoms with Gasteiger partial charge in [-0.15, -0.1) is 0 Å². The van der Waals surface area contributed by atoms with Gasteiger partial charge in [-0.1, -0.05) is 0 Å². The third kappa shape index (κ3) is 3.00. The van der Waals surface area contributed by atoms with Crippen LogP contribution in [0.4, 0.5) is 0 Å². The van der Waals surface area contributed by atoms with Crippen LogP contribution in [0, 0.1) is 0 Å². The quantitative estimate of drug-likeness (QED) is 0.774. The van der Waals surface area contributed by atoms with Crippen molar-refractivity contribution in [1.29, 1.82) is 0 Å². The number of hydrogen-bond acceptors (Lipinski definition) is 3. The summed E-state index contributed by atoms with van der Waals surface area (Å²) in [5.74, 6) is 0.611. The van der Waals surface area contributed by atoms with Gasteiger partial charge in [-0.05, 0) is 56.1 Å². The van der Waals surface area contributed by atoms with Gasteiger partial charge >= 0.3 is 0 Å². The van der Waals surface area contributed by atoms with Crippen molar-refractivity contribution in [3.8, 4) is 0 Å². The molecule has 0 spiro atoms. The van der Waals surface area contributed by atoms with Gasteiger partial charge in [0, 0.05) is 13.2 Å². The molecule has 2 rings (SSSR count). The highest BCUT2D eigenvalue weighted by Gasteiger charge is 2.16. The number of carbonyl (C=O) groups excluding carboxylic acids is 1. The molecular formula is C12H10Br2N2O2. The highest BCUT2D eigenvalue weighted by Crippen LogP contribution is 2.18. The predicted molar refractivity (Wildman–Crippen MR) is 74.1 cm³/mol. The lowest BCUT2D eigenvalue weighted by Gasteiger charge is -2.16. The molecule has 0 aromatic carbocycles. The molecule has 0 radical (unpaired) electrons. The van der Waals surface area contributed by atoms with Crippen molar-refractivity contribution in [1.82, 2.24) is 9.88 Å². The topological polar surface area (TPSA) is 46.3 Å². The molecule has 0 aliphatic rings. The molecule has 2 aromatic heterocycles. The molecule has 0 fully saturated rings. The third-order valence-electron chi connectivity index (χ3n) is 2.36. The summed E-state index contributed by atoms with van der Waals surface area (Å²) in [5, 5.41) is 0. The lowest BCUT2D eigenvalue weighted by molar-refractivity contribution is 0.0773. The van der Waals surface area contributed by atoms with Gasteiger partial charge < -0.3 is 9.32 Å². The fourth-order valence-corrected chi connectivity index (χ4v) is 2.25. The number of amides is 1. The minimum absolute atomic E-state index is 0.109. The average molecular weight is 374 g/mol. The van der Waals surface area contributed by atoms with Crippen molar-refractivity contribution < 1.29 is 9.21 Å². The normalized spacial score (nSPS) is 10.4. The van der Waals surface area contributed by atoms with Gasteiger partial charge in [-0.3, -0.25) is 4.79 Å². The molecule has 0 saturated heterocycles. The summed E-state index contributed by atoms with van der Waals surface area (Å²) in [6.45, 7) is 0.408. The Kier molecular flexibility index (Phi) is 4.19. The number of hydrogen-bond donors (Lipinski definition) is 0. The van der Waals surface area contributed by atoms with Crippen LogP contribution in [0.3, 0.4) is 0 Å². The monoisotopic (exact) mass is 372 g/mol. The van der Waals surface area contributed by atoms with Gasteiger partial charge in [0.15, 0.2) is 4.67 Å². The van der Waals surface area contributed by atoms with Crippen LogP contribution in [-0.4, -0.2) is 22.8 Å². The second-order valence-electron chi connectivity index (χ2n) is 3.71. The summed E-state index contributed by atoms with van der Waals surface area (Å²) in [6.07, 6.45) is 1.63. The smallest absolute Gasteiger partial charge is 0.256 e. The summed E-state index contributed by atoms with van der Waals surface area (Å²) in [4.78, 5) is 17.8. The fourth-order valence-electron chi connectivity index (χ4n) is 1.49. The van der Waals surface area contributed by atoms with Crippen LogP contribution in [0.25, 0.3) is 0 Å². The zero-order valence-electron chi connectivity index (χ0n) is 9.56. The van der Waals surface area contributed by atoms with Gasteiger partial charge in [0.05, 0.1) is 12.1 Å². The molecule has 4 nitrogen and oxygen atoms in total. The molecule has 94 valence electrons. The van der Waals surface area contributed by atoms with E-state index in [9.17, 15) is 4.79 Å². The Labute approximate surface area is 121 Å². The first-order valence-corrected chi connectivity index (χ1v) is 6.76. The Balaban J connectivity index is 2.12. The summed E-state index contributed by atoms with van der Waals surface area (Å²) in [6, 6.07) is 7.09. The lowest BCUT2D eigenvalue weighted by atomic mass is 10.2. The number of nitrogens with zero attached hydrogens (tertiary/aromatic N) is 2. The van der Waals surface area contributed by atoms with Gasteiger partial charge in [0.2, 0.25) is 0 Å².